The van der Waals surface area contributed by atoms with E-state index < -0.39 is 12.1 Å². The van der Waals surface area contributed by atoms with E-state index in [1.54, 1.807) is 14.0 Å². The van der Waals surface area contributed by atoms with E-state index in [9.17, 15) is 9.59 Å². The second-order valence-electron chi connectivity index (χ2n) is 5.68. The molecule has 0 saturated heterocycles. The van der Waals surface area contributed by atoms with Crippen LogP contribution >= 0.6 is 11.3 Å². The number of aryl methyl sites for hydroxylation is 2. The number of ether oxygens (including phenoxy) is 2. The van der Waals surface area contributed by atoms with Crippen molar-refractivity contribution < 1.29 is 19.1 Å². The molecule has 0 fully saturated rings. The summed E-state index contributed by atoms with van der Waals surface area (Å²) in [4.78, 5) is 26.0. The Morgan fingerprint density at radius 3 is 2.48 bits per heavy atom. The number of esters is 1. The first-order valence-electron chi connectivity index (χ1n) is 8.15. The van der Waals surface area contributed by atoms with Gasteiger partial charge in [0, 0.05) is 11.4 Å². The van der Waals surface area contributed by atoms with E-state index >= 15 is 0 Å². The molecule has 0 saturated carbocycles. The van der Waals surface area contributed by atoms with Crippen molar-refractivity contribution in [3.63, 3.8) is 0 Å². The van der Waals surface area contributed by atoms with Crippen LogP contribution in [-0.2, 0) is 22.5 Å². The lowest BCUT2D eigenvalue weighted by Crippen LogP contribution is -2.35. The van der Waals surface area contributed by atoms with E-state index in [2.05, 4.69) is 5.32 Å². The number of carbonyl (C=O) groups is 2. The number of amides is 1. The Morgan fingerprint density at radius 1 is 1.24 bits per heavy atom. The molecule has 0 bridgehead atoms. The fourth-order valence-corrected chi connectivity index (χ4v) is 3.32. The van der Waals surface area contributed by atoms with Gasteiger partial charge >= 0.3 is 5.97 Å². The zero-order valence-electron chi connectivity index (χ0n) is 14.9. The first-order chi connectivity index (χ1) is 11.9. The average molecular weight is 361 g/mol. The molecule has 1 amide bonds. The molecule has 134 valence electrons. The second-order valence-corrected chi connectivity index (χ2v) is 6.82. The molecular formula is C19H23NO4S. The number of rotatable bonds is 7. The third kappa shape index (κ3) is 5.06. The number of carbonyl (C=O) groups excluding carboxylic acids is 2. The summed E-state index contributed by atoms with van der Waals surface area (Å²) in [5.74, 6) is -0.0249. The molecule has 1 heterocycles. The molecular weight excluding hydrogens is 338 g/mol. The van der Waals surface area contributed by atoms with Crippen LogP contribution in [0.5, 0.6) is 5.75 Å². The highest BCUT2D eigenvalue weighted by Gasteiger charge is 2.20. The monoisotopic (exact) mass is 361 g/mol. The highest BCUT2D eigenvalue weighted by Crippen LogP contribution is 2.23. The second kappa shape index (κ2) is 8.67. The summed E-state index contributed by atoms with van der Waals surface area (Å²) in [6, 6.07) is 9.21. The van der Waals surface area contributed by atoms with Crippen LogP contribution in [0.3, 0.4) is 0 Å². The van der Waals surface area contributed by atoms with E-state index in [0.29, 0.717) is 11.4 Å². The summed E-state index contributed by atoms with van der Waals surface area (Å²) < 4.78 is 10.4. The summed E-state index contributed by atoms with van der Waals surface area (Å²) in [5, 5.41) is 2.77. The lowest BCUT2D eigenvalue weighted by Gasteiger charge is -2.13. The zero-order valence-corrected chi connectivity index (χ0v) is 15.7. The Morgan fingerprint density at radius 2 is 1.92 bits per heavy atom. The van der Waals surface area contributed by atoms with Gasteiger partial charge in [-0.1, -0.05) is 19.1 Å². The van der Waals surface area contributed by atoms with Crippen LogP contribution in [0.1, 0.15) is 39.5 Å². The van der Waals surface area contributed by atoms with Crippen LogP contribution in [0.25, 0.3) is 0 Å². The van der Waals surface area contributed by atoms with Gasteiger partial charge in [0.05, 0.1) is 7.11 Å². The third-order valence-electron chi connectivity index (χ3n) is 3.82. The van der Waals surface area contributed by atoms with Crippen molar-refractivity contribution in [2.24, 2.45) is 0 Å². The fraction of sp³-hybridized carbons (Fsp3) is 0.368. The molecule has 0 spiro atoms. The molecule has 0 aliphatic carbocycles. The van der Waals surface area contributed by atoms with Gasteiger partial charge < -0.3 is 14.8 Å². The number of thiophene rings is 1. The smallest absolute Gasteiger partial charge is 0.349 e. The molecule has 1 atom stereocenters. The topological polar surface area (TPSA) is 64.6 Å². The van der Waals surface area contributed by atoms with E-state index in [-0.39, 0.29) is 5.91 Å². The fourth-order valence-electron chi connectivity index (χ4n) is 2.32. The molecule has 6 heteroatoms. The Labute approximate surface area is 152 Å². The Hall–Kier alpha value is -2.34. The van der Waals surface area contributed by atoms with Gasteiger partial charge in [-0.15, -0.1) is 11.3 Å². The summed E-state index contributed by atoms with van der Waals surface area (Å²) in [5.41, 5.74) is 2.02. The number of hydrogen-bond donors (Lipinski definition) is 1. The van der Waals surface area contributed by atoms with Gasteiger partial charge in [0.2, 0.25) is 0 Å². The number of benzene rings is 1. The maximum absolute atomic E-state index is 12.2. The largest absolute Gasteiger partial charge is 0.497 e. The molecule has 2 aromatic rings. The van der Waals surface area contributed by atoms with Crippen molar-refractivity contribution in [1.82, 2.24) is 5.32 Å². The summed E-state index contributed by atoms with van der Waals surface area (Å²) in [7, 11) is 1.60. The van der Waals surface area contributed by atoms with Crippen molar-refractivity contribution in [3.05, 3.63) is 51.2 Å². The van der Waals surface area contributed by atoms with Crippen LogP contribution in [0.4, 0.5) is 0 Å². The molecule has 1 N–H and O–H groups in total. The van der Waals surface area contributed by atoms with Gasteiger partial charge in [0.15, 0.2) is 6.10 Å². The van der Waals surface area contributed by atoms with Gasteiger partial charge in [0.25, 0.3) is 5.91 Å². The first kappa shape index (κ1) is 19.0. The lowest BCUT2D eigenvalue weighted by atomic mass is 10.2. The first-order valence-corrected chi connectivity index (χ1v) is 8.97. The van der Waals surface area contributed by atoms with Crippen molar-refractivity contribution in [2.45, 2.75) is 39.8 Å². The van der Waals surface area contributed by atoms with Crippen molar-refractivity contribution in [1.29, 1.82) is 0 Å². The molecule has 1 unspecified atom stereocenters. The summed E-state index contributed by atoms with van der Waals surface area (Å²) >= 11 is 1.42. The standard InChI is InChI=1S/C19H23NO4S/c1-5-16-12(2)10-17(25-16)19(22)24-13(3)18(21)20-11-14-6-8-15(23-4)9-7-14/h6-10,13H,5,11H2,1-4H3,(H,20,21). The number of nitrogens with one attached hydrogen (secondary N) is 1. The molecule has 0 aliphatic heterocycles. The van der Waals surface area contributed by atoms with Crippen molar-refractivity contribution in [3.8, 4) is 5.75 Å². The minimum atomic E-state index is -0.849. The quantitative estimate of drug-likeness (QED) is 0.767. The maximum atomic E-state index is 12.2. The Bertz CT molecular complexity index is 736. The maximum Gasteiger partial charge on any atom is 0.349 e. The van der Waals surface area contributed by atoms with Gasteiger partial charge in [-0.05, 0) is 49.6 Å². The SMILES string of the molecule is CCc1sc(C(=O)OC(C)C(=O)NCc2ccc(OC)cc2)cc1C. The summed E-state index contributed by atoms with van der Waals surface area (Å²) in [6.45, 7) is 5.95. The minimum absolute atomic E-state index is 0.326. The van der Waals surface area contributed by atoms with Gasteiger partial charge in [0.1, 0.15) is 10.6 Å². The van der Waals surface area contributed by atoms with Crippen LogP contribution in [-0.4, -0.2) is 25.1 Å². The zero-order chi connectivity index (χ0) is 18.4. The van der Waals surface area contributed by atoms with Crippen LogP contribution < -0.4 is 10.1 Å². The van der Waals surface area contributed by atoms with Crippen molar-refractivity contribution >= 4 is 23.2 Å². The number of hydrogen-bond acceptors (Lipinski definition) is 5. The van der Waals surface area contributed by atoms with E-state index in [1.165, 1.54) is 11.3 Å². The molecule has 2 rings (SSSR count). The predicted octanol–water partition coefficient (Wildman–Crippen LogP) is 3.49. The molecule has 0 radical (unpaired) electrons. The van der Waals surface area contributed by atoms with Gasteiger partial charge in [-0.2, -0.15) is 0 Å². The van der Waals surface area contributed by atoms with Crippen LogP contribution in [0, 0.1) is 6.92 Å². The van der Waals surface area contributed by atoms with Gasteiger partial charge in [-0.3, -0.25) is 4.79 Å². The normalized spacial score (nSPS) is 11.7. The molecule has 1 aromatic carbocycles. The van der Waals surface area contributed by atoms with Crippen LogP contribution in [0.2, 0.25) is 0 Å². The van der Waals surface area contributed by atoms with Crippen molar-refractivity contribution in [2.75, 3.05) is 7.11 Å². The lowest BCUT2D eigenvalue weighted by molar-refractivity contribution is -0.129. The molecule has 1 aromatic heterocycles. The molecule has 0 aliphatic rings. The Kier molecular flexibility index (Phi) is 6.58. The average Bonchev–Trinajstić information content (AvgIpc) is 3.01. The Balaban J connectivity index is 1.87. The van der Waals surface area contributed by atoms with Crippen LogP contribution in [0.15, 0.2) is 30.3 Å². The molecule has 25 heavy (non-hydrogen) atoms. The predicted molar refractivity (Wildman–Crippen MR) is 98.2 cm³/mol. The summed E-state index contributed by atoms with van der Waals surface area (Å²) in [6.07, 6.45) is 0.0278. The molecule has 5 nitrogen and oxygen atoms in total. The minimum Gasteiger partial charge on any atom is -0.497 e. The third-order valence-corrected chi connectivity index (χ3v) is 5.18. The van der Waals surface area contributed by atoms with E-state index in [0.717, 1.165) is 28.2 Å². The van der Waals surface area contributed by atoms with Gasteiger partial charge in [-0.25, -0.2) is 4.79 Å². The number of methoxy groups -OCH3 is 1. The highest BCUT2D eigenvalue weighted by atomic mass is 32.1. The van der Waals surface area contributed by atoms with E-state index in [4.69, 9.17) is 9.47 Å². The van der Waals surface area contributed by atoms with E-state index in [1.807, 2.05) is 44.2 Å². The highest BCUT2D eigenvalue weighted by molar-refractivity contribution is 7.14.